The van der Waals surface area contributed by atoms with Crippen LogP contribution in [-0.2, 0) is 6.54 Å². The highest BCUT2D eigenvalue weighted by Gasteiger charge is 2.16. The third-order valence-electron chi connectivity index (χ3n) is 7.74. The lowest BCUT2D eigenvalue weighted by molar-refractivity contribution is 0.132. The summed E-state index contributed by atoms with van der Waals surface area (Å²) in [5, 5.41) is 14.6. The van der Waals surface area contributed by atoms with Crippen LogP contribution in [-0.4, -0.2) is 47.5 Å². The maximum Gasteiger partial charge on any atom is 0.146 e. The number of rotatable bonds is 8. The summed E-state index contributed by atoms with van der Waals surface area (Å²) in [4.78, 5) is 9.66. The Morgan fingerprint density at radius 2 is 1.67 bits per heavy atom. The van der Waals surface area contributed by atoms with Crippen LogP contribution in [0.1, 0.15) is 18.1 Å². The number of aromatic nitrogens is 1. The first kappa shape index (κ1) is 27.7. The van der Waals surface area contributed by atoms with Crippen molar-refractivity contribution >= 4 is 33.9 Å². The van der Waals surface area contributed by atoms with Crippen LogP contribution in [0, 0.1) is 11.3 Å². The van der Waals surface area contributed by atoms with Gasteiger partial charge in [0, 0.05) is 50.0 Å². The van der Waals surface area contributed by atoms with Gasteiger partial charge in [0.05, 0.1) is 21.8 Å². The molecule has 0 unspecified atom stereocenters. The molecular weight excluding hydrogens is 542 g/mol. The van der Waals surface area contributed by atoms with Crippen LogP contribution in [0.5, 0.6) is 11.5 Å². The lowest BCUT2D eigenvalue weighted by Crippen LogP contribution is -2.45. The topological polar surface area (TPSA) is 64.4 Å². The number of nitrogens with zero attached hydrogens (tertiary/aromatic N) is 4. The van der Waals surface area contributed by atoms with E-state index < -0.39 is 0 Å². The van der Waals surface area contributed by atoms with Gasteiger partial charge in [0.1, 0.15) is 17.6 Å². The summed E-state index contributed by atoms with van der Waals surface area (Å²) in [6, 6.07) is 32.3. The highest BCUT2D eigenvalue weighted by molar-refractivity contribution is 6.32. The minimum Gasteiger partial charge on any atom is -0.456 e. The number of hydrogen-bond donors (Lipinski definition) is 1. The third kappa shape index (κ3) is 6.24. The third-order valence-corrected chi connectivity index (χ3v) is 8.04. The van der Waals surface area contributed by atoms with Crippen molar-refractivity contribution in [3.8, 4) is 28.7 Å². The summed E-state index contributed by atoms with van der Waals surface area (Å²) in [5.74, 6) is 1.27. The number of halogens is 1. The normalized spacial score (nSPS) is 14.0. The number of piperazine rings is 1. The smallest absolute Gasteiger partial charge is 0.146 e. The molecule has 2 heterocycles. The summed E-state index contributed by atoms with van der Waals surface area (Å²) in [6.45, 7) is 8.76. The van der Waals surface area contributed by atoms with Crippen LogP contribution < -0.4 is 10.1 Å². The van der Waals surface area contributed by atoms with Crippen LogP contribution >= 0.6 is 11.6 Å². The lowest BCUT2D eigenvalue weighted by Gasteiger charge is -2.34. The van der Waals surface area contributed by atoms with Gasteiger partial charge in [-0.3, -0.25) is 9.88 Å². The van der Waals surface area contributed by atoms with E-state index in [1.165, 1.54) is 5.56 Å². The number of benzene rings is 4. The first-order valence-electron chi connectivity index (χ1n) is 14.3. The Balaban J connectivity index is 1.24. The molecule has 5 aromatic rings. The number of likely N-dealkylation sites (N-methyl/N-ethyl adjacent to an activating group) is 1. The molecule has 1 aliphatic rings. The molecule has 1 fully saturated rings. The van der Waals surface area contributed by atoms with Gasteiger partial charge in [0.25, 0.3) is 0 Å². The lowest BCUT2D eigenvalue weighted by atomic mass is 10.00. The highest BCUT2D eigenvalue weighted by atomic mass is 35.5. The maximum absolute atomic E-state index is 9.86. The van der Waals surface area contributed by atoms with E-state index in [-0.39, 0.29) is 0 Å². The van der Waals surface area contributed by atoms with Gasteiger partial charge in [0.15, 0.2) is 0 Å². The molecule has 0 radical (unpaired) electrons. The maximum atomic E-state index is 9.86. The van der Waals surface area contributed by atoms with E-state index in [1.807, 2.05) is 48.5 Å². The first-order valence-corrected chi connectivity index (χ1v) is 14.6. The summed E-state index contributed by atoms with van der Waals surface area (Å²) >= 11 is 6.57. The average Bonchev–Trinajstić information content (AvgIpc) is 3.03. The number of nitrogens with one attached hydrogen (secondary N) is 1. The van der Waals surface area contributed by atoms with E-state index in [0.29, 0.717) is 27.8 Å². The van der Waals surface area contributed by atoms with Gasteiger partial charge in [-0.05, 0) is 65.7 Å². The van der Waals surface area contributed by atoms with Crippen molar-refractivity contribution in [2.45, 2.75) is 13.5 Å². The molecule has 1 N–H and O–H groups in total. The van der Waals surface area contributed by atoms with E-state index >= 15 is 0 Å². The van der Waals surface area contributed by atoms with Gasteiger partial charge in [-0.25, -0.2) is 0 Å². The van der Waals surface area contributed by atoms with Crippen molar-refractivity contribution in [3.05, 3.63) is 113 Å². The minimum atomic E-state index is 0.459. The van der Waals surface area contributed by atoms with E-state index in [1.54, 1.807) is 12.3 Å². The Kier molecular flexibility index (Phi) is 8.34. The van der Waals surface area contributed by atoms with Crippen LogP contribution in [0.2, 0.25) is 5.02 Å². The molecule has 0 saturated carbocycles. The standard InChI is InChI=1S/C35H32ClN5O/c1-2-40-15-17-41(18-16-40)24-25-7-6-8-26(19-25)27-11-13-31-33(20-27)38-23-28(22-37)35(31)39-29-12-14-34(32(36)21-29)42-30-9-4-3-5-10-30/h3-14,19-21,23H,2,15-18,24H2,1H3,(H,38,39). The molecule has 1 aliphatic heterocycles. The molecule has 1 aromatic heterocycles. The quantitative estimate of drug-likeness (QED) is 0.202. The number of hydrogen-bond acceptors (Lipinski definition) is 6. The molecule has 0 amide bonds. The molecule has 1 saturated heterocycles. The van der Waals surface area contributed by atoms with Crippen molar-refractivity contribution in [2.75, 3.05) is 38.0 Å². The predicted octanol–water partition coefficient (Wildman–Crippen LogP) is 8.10. The summed E-state index contributed by atoms with van der Waals surface area (Å²) in [5.41, 5.74) is 6.27. The van der Waals surface area contributed by atoms with Crippen LogP contribution in [0.15, 0.2) is 97.2 Å². The predicted molar refractivity (Wildman–Crippen MR) is 171 cm³/mol. The zero-order chi connectivity index (χ0) is 28.9. The molecule has 4 aromatic carbocycles. The Morgan fingerprint density at radius 1 is 0.881 bits per heavy atom. The van der Waals surface area contributed by atoms with Gasteiger partial charge in [0.2, 0.25) is 0 Å². The molecule has 6 nitrogen and oxygen atoms in total. The SMILES string of the molecule is CCN1CCN(Cc2cccc(-c3ccc4c(Nc5ccc(Oc6ccccc6)c(Cl)c5)c(C#N)cnc4c3)c2)CC1. The second kappa shape index (κ2) is 12.6. The Labute approximate surface area is 251 Å². The average molecular weight is 574 g/mol. The van der Waals surface area contributed by atoms with Gasteiger partial charge >= 0.3 is 0 Å². The zero-order valence-electron chi connectivity index (χ0n) is 23.6. The molecule has 0 aliphatic carbocycles. The highest BCUT2D eigenvalue weighted by Crippen LogP contribution is 2.36. The second-order valence-corrected chi connectivity index (χ2v) is 10.9. The molecule has 0 atom stereocenters. The minimum absolute atomic E-state index is 0.459. The number of fused-ring (bicyclic) bond motifs is 1. The first-order chi connectivity index (χ1) is 20.6. The molecule has 6 rings (SSSR count). The van der Waals surface area contributed by atoms with Crippen molar-refractivity contribution in [1.29, 1.82) is 5.26 Å². The van der Waals surface area contributed by atoms with Gasteiger partial charge in [-0.1, -0.05) is 67.1 Å². The van der Waals surface area contributed by atoms with Gasteiger partial charge in [-0.2, -0.15) is 5.26 Å². The van der Waals surface area contributed by atoms with E-state index in [9.17, 15) is 5.26 Å². The van der Waals surface area contributed by atoms with E-state index in [2.05, 4.69) is 69.5 Å². The van der Waals surface area contributed by atoms with Crippen molar-refractivity contribution in [1.82, 2.24) is 14.8 Å². The zero-order valence-corrected chi connectivity index (χ0v) is 24.3. The van der Waals surface area contributed by atoms with Crippen LogP contribution in [0.3, 0.4) is 0 Å². The van der Waals surface area contributed by atoms with Crippen LogP contribution in [0.4, 0.5) is 11.4 Å². The number of para-hydroxylation sites is 1. The van der Waals surface area contributed by atoms with Crippen molar-refractivity contribution in [2.24, 2.45) is 0 Å². The molecule has 0 spiro atoms. The fourth-order valence-corrected chi connectivity index (χ4v) is 5.60. The Bertz CT molecular complexity index is 1740. The number of pyridine rings is 1. The van der Waals surface area contributed by atoms with Crippen molar-refractivity contribution < 1.29 is 4.74 Å². The molecule has 210 valence electrons. The number of nitriles is 1. The molecule has 42 heavy (non-hydrogen) atoms. The summed E-state index contributed by atoms with van der Waals surface area (Å²) < 4.78 is 5.92. The van der Waals surface area contributed by atoms with E-state index in [4.69, 9.17) is 16.3 Å². The summed E-state index contributed by atoms with van der Waals surface area (Å²) in [6.07, 6.45) is 1.62. The number of anilines is 2. The Morgan fingerprint density at radius 3 is 2.43 bits per heavy atom. The molecule has 7 heteroatoms. The monoisotopic (exact) mass is 573 g/mol. The Hall–Kier alpha value is -4.41. The van der Waals surface area contributed by atoms with Crippen LogP contribution in [0.25, 0.3) is 22.0 Å². The molecule has 0 bridgehead atoms. The van der Waals surface area contributed by atoms with Gasteiger partial charge < -0.3 is 15.0 Å². The second-order valence-electron chi connectivity index (χ2n) is 10.5. The fourth-order valence-electron chi connectivity index (χ4n) is 5.38. The van der Waals surface area contributed by atoms with Crippen molar-refractivity contribution in [3.63, 3.8) is 0 Å². The number of ether oxygens (including phenoxy) is 1. The van der Waals surface area contributed by atoms with E-state index in [0.717, 1.165) is 67.0 Å². The van der Waals surface area contributed by atoms with Gasteiger partial charge in [-0.15, -0.1) is 0 Å². The fraction of sp³-hybridized carbons (Fsp3) is 0.200. The largest absolute Gasteiger partial charge is 0.456 e. The molecular formula is C35H32ClN5O. The summed E-state index contributed by atoms with van der Waals surface area (Å²) in [7, 11) is 0.